The predicted octanol–water partition coefficient (Wildman–Crippen LogP) is 4.91. The summed E-state index contributed by atoms with van der Waals surface area (Å²) in [7, 11) is 0. The van der Waals surface area contributed by atoms with Crippen molar-refractivity contribution in [1.82, 2.24) is 4.90 Å². The lowest BCUT2D eigenvalue weighted by atomic mass is 10.0. The van der Waals surface area contributed by atoms with Gasteiger partial charge in [0.05, 0.1) is 12.3 Å². The summed E-state index contributed by atoms with van der Waals surface area (Å²) >= 11 is 5.95. The van der Waals surface area contributed by atoms with Crippen molar-refractivity contribution in [2.24, 2.45) is 11.1 Å². The summed E-state index contributed by atoms with van der Waals surface area (Å²) in [4.78, 5) is 20.3. The highest BCUT2D eigenvalue weighted by Crippen LogP contribution is 2.21. The molecule has 1 atom stereocenters. The summed E-state index contributed by atoms with van der Waals surface area (Å²) in [5.41, 5.74) is 3.02. The van der Waals surface area contributed by atoms with E-state index in [0.29, 0.717) is 36.9 Å². The van der Waals surface area contributed by atoms with Gasteiger partial charge in [-0.05, 0) is 29.2 Å². The molecule has 1 aliphatic rings. The molecule has 0 bridgehead atoms. The average Bonchev–Trinajstić information content (AvgIpc) is 3.10. The van der Waals surface area contributed by atoms with Gasteiger partial charge in [0.1, 0.15) is 0 Å². The summed E-state index contributed by atoms with van der Waals surface area (Å²) in [5.74, 6) is 0.471. The van der Waals surface area contributed by atoms with Gasteiger partial charge in [-0.3, -0.25) is 4.79 Å². The Bertz CT molecular complexity index is 788. The number of rotatable bonds is 7. The van der Waals surface area contributed by atoms with E-state index in [4.69, 9.17) is 16.4 Å². The molecule has 2 aromatic carbocycles. The van der Waals surface area contributed by atoms with E-state index in [2.05, 4.69) is 19.0 Å². The lowest BCUT2D eigenvalue weighted by Gasteiger charge is -2.26. The van der Waals surface area contributed by atoms with Crippen LogP contribution in [0, 0.1) is 5.92 Å². The molecule has 4 nitrogen and oxygen atoms in total. The minimum Gasteiger partial charge on any atom is -0.390 e. The molecule has 0 N–H and O–H groups in total. The Labute approximate surface area is 165 Å². The number of amides is 1. The van der Waals surface area contributed by atoms with Crippen molar-refractivity contribution in [2.75, 3.05) is 6.54 Å². The second-order valence-electron chi connectivity index (χ2n) is 7.33. The number of hydrogen-bond donors (Lipinski definition) is 0. The predicted molar refractivity (Wildman–Crippen MR) is 109 cm³/mol. The Hall–Kier alpha value is -2.33. The Morgan fingerprint density at radius 1 is 1.19 bits per heavy atom. The molecule has 0 aromatic heterocycles. The van der Waals surface area contributed by atoms with Crippen molar-refractivity contribution in [2.45, 2.75) is 39.3 Å². The lowest BCUT2D eigenvalue weighted by Crippen LogP contribution is -2.37. The van der Waals surface area contributed by atoms with Gasteiger partial charge in [0.15, 0.2) is 6.10 Å². The number of nitrogens with zero attached hydrogens (tertiary/aromatic N) is 2. The van der Waals surface area contributed by atoms with Crippen molar-refractivity contribution >= 4 is 23.2 Å². The van der Waals surface area contributed by atoms with Gasteiger partial charge in [-0.15, -0.1) is 0 Å². The van der Waals surface area contributed by atoms with Gasteiger partial charge in [0.2, 0.25) is 5.91 Å². The van der Waals surface area contributed by atoms with Gasteiger partial charge in [0, 0.05) is 24.4 Å². The maximum Gasteiger partial charge on any atom is 0.223 e. The monoisotopic (exact) mass is 384 g/mol. The second-order valence-corrected chi connectivity index (χ2v) is 7.77. The summed E-state index contributed by atoms with van der Waals surface area (Å²) in [6, 6.07) is 17.6. The fraction of sp³-hybridized carbons (Fsp3) is 0.364. The lowest BCUT2D eigenvalue weighted by molar-refractivity contribution is -0.134. The Morgan fingerprint density at radius 3 is 2.56 bits per heavy atom. The highest BCUT2D eigenvalue weighted by molar-refractivity contribution is 6.30. The van der Waals surface area contributed by atoms with Crippen molar-refractivity contribution in [3.05, 3.63) is 70.7 Å². The zero-order valence-corrected chi connectivity index (χ0v) is 16.5. The van der Waals surface area contributed by atoms with E-state index < -0.39 is 0 Å². The molecule has 0 fully saturated rings. The molecule has 1 aliphatic heterocycles. The molecular formula is C22H25ClN2O2. The molecule has 142 valence electrons. The van der Waals surface area contributed by atoms with Crippen molar-refractivity contribution in [3.63, 3.8) is 0 Å². The number of hydrogen-bond acceptors (Lipinski definition) is 3. The van der Waals surface area contributed by atoms with Crippen LogP contribution in [0.4, 0.5) is 0 Å². The first-order valence-corrected chi connectivity index (χ1v) is 9.69. The quantitative estimate of drug-likeness (QED) is 0.680. The molecule has 3 rings (SSSR count). The third kappa shape index (κ3) is 5.57. The van der Waals surface area contributed by atoms with Crippen LogP contribution >= 0.6 is 11.6 Å². The van der Waals surface area contributed by atoms with Crippen molar-refractivity contribution in [3.8, 4) is 0 Å². The van der Waals surface area contributed by atoms with Gasteiger partial charge in [-0.2, -0.15) is 0 Å². The fourth-order valence-corrected chi connectivity index (χ4v) is 3.25. The van der Waals surface area contributed by atoms with Crippen LogP contribution in [0.2, 0.25) is 5.02 Å². The smallest absolute Gasteiger partial charge is 0.223 e. The first-order chi connectivity index (χ1) is 13.0. The molecule has 0 saturated heterocycles. The van der Waals surface area contributed by atoms with Crippen molar-refractivity contribution in [1.29, 1.82) is 0 Å². The third-order valence-corrected chi connectivity index (χ3v) is 4.74. The maximum absolute atomic E-state index is 12.8. The topological polar surface area (TPSA) is 41.9 Å². The van der Waals surface area contributed by atoms with Crippen LogP contribution < -0.4 is 0 Å². The Balaban J connectivity index is 1.65. The normalized spacial score (nSPS) is 16.1. The first-order valence-electron chi connectivity index (χ1n) is 9.31. The largest absolute Gasteiger partial charge is 0.390 e. The highest BCUT2D eigenvalue weighted by Gasteiger charge is 2.27. The zero-order chi connectivity index (χ0) is 19.2. The van der Waals surface area contributed by atoms with E-state index >= 15 is 0 Å². The van der Waals surface area contributed by atoms with Crippen molar-refractivity contribution < 1.29 is 9.63 Å². The summed E-state index contributed by atoms with van der Waals surface area (Å²) in [6.45, 7) is 5.24. The molecular weight excluding hydrogens is 360 g/mol. The van der Waals surface area contributed by atoms with Crippen LogP contribution in [0.5, 0.6) is 0 Å². The standard InChI is InChI=1S/C22H25ClN2O2/c1-16(2)12-22(26)25(14-17-6-4-3-5-7-17)15-20-13-21(24-27-20)18-8-10-19(23)11-9-18/h3-11,16,20H,12-15H2,1-2H3/t20-/m0/s1. The molecule has 0 unspecified atom stereocenters. The Kier molecular flexibility index (Phi) is 6.51. The van der Waals surface area contributed by atoms with Crippen LogP contribution in [0.15, 0.2) is 59.8 Å². The fourth-order valence-electron chi connectivity index (χ4n) is 3.12. The zero-order valence-electron chi connectivity index (χ0n) is 15.8. The Morgan fingerprint density at radius 2 is 1.89 bits per heavy atom. The molecule has 0 saturated carbocycles. The number of carbonyl (C=O) groups excluding carboxylic acids is 1. The molecule has 1 heterocycles. The molecule has 0 spiro atoms. The van der Waals surface area contributed by atoms with Crippen LogP contribution in [-0.2, 0) is 16.2 Å². The molecule has 27 heavy (non-hydrogen) atoms. The van der Waals surface area contributed by atoms with E-state index in [9.17, 15) is 4.79 Å². The highest BCUT2D eigenvalue weighted by atomic mass is 35.5. The molecule has 5 heteroatoms. The third-order valence-electron chi connectivity index (χ3n) is 4.49. The number of halogens is 1. The minimum atomic E-state index is -0.129. The van der Waals surface area contributed by atoms with Crippen LogP contribution in [0.3, 0.4) is 0 Å². The van der Waals surface area contributed by atoms with Crippen LogP contribution in [-0.4, -0.2) is 29.2 Å². The van der Waals surface area contributed by atoms with E-state index in [1.165, 1.54) is 0 Å². The first kappa shape index (κ1) is 19.4. The number of benzene rings is 2. The average molecular weight is 385 g/mol. The van der Waals surface area contributed by atoms with Crippen LogP contribution in [0.1, 0.15) is 37.8 Å². The van der Waals surface area contributed by atoms with Gasteiger partial charge >= 0.3 is 0 Å². The van der Waals surface area contributed by atoms with E-state index in [1.807, 2.05) is 59.5 Å². The van der Waals surface area contributed by atoms with E-state index in [0.717, 1.165) is 16.8 Å². The molecule has 1 amide bonds. The van der Waals surface area contributed by atoms with Gasteiger partial charge in [0.25, 0.3) is 0 Å². The summed E-state index contributed by atoms with van der Waals surface area (Å²) in [6.07, 6.45) is 1.09. The maximum atomic E-state index is 12.8. The molecule has 0 aliphatic carbocycles. The van der Waals surface area contributed by atoms with Gasteiger partial charge in [-0.25, -0.2) is 0 Å². The number of oxime groups is 1. The molecule has 0 radical (unpaired) electrons. The number of carbonyl (C=O) groups is 1. The SMILES string of the molecule is CC(C)CC(=O)N(Cc1ccccc1)C[C@@H]1CC(c2ccc(Cl)cc2)=NO1. The van der Waals surface area contributed by atoms with Gasteiger partial charge in [-0.1, -0.05) is 73.1 Å². The van der Waals surface area contributed by atoms with E-state index in [1.54, 1.807) is 0 Å². The molecule has 2 aromatic rings. The minimum absolute atomic E-state index is 0.129. The second kappa shape index (κ2) is 9.05. The van der Waals surface area contributed by atoms with Crippen LogP contribution in [0.25, 0.3) is 0 Å². The van der Waals surface area contributed by atoms with E-state index in [-0.39, 0.29) is 12.0 Å². The summed E-state index contributed by atoms with van der Waals surface area (Å²) < 4.78 is 0. The summed E-state index contributed by atoms with van der Waals surface area (Å²) in [5, 5.41) is 4.93. The van der Waals surface area contributed by atoms with Gasteiger partial charge < -0.3 is 9.74 Å².